The smallest absolute Gasteiger partial charge is 0.174 e. The number of pyridine rings is 1. The van der Waals surface area contributed by atoms with Crippen molar-refractivity contribution in [2.75, 3.05) is 12.0 Å². The van der Waals surface area contributed by atoms with Crippen LogP contribution in [0, 0.1) is 13.8 Å². The molecule has 0 amide bonds. The zero-order valence-electron chi connectivity index (χ0n) is 17.2. The zero-order valence-corrected chi connectivity index (χ0v) is 18.0. The number of benzene rings is 1. The molecule has 0 aliphatic carbocycles. The van der Waals surface area contributed by atoms with Gasteiger partial charge < -0.3 is 19.5 Å². The van der Waals surface area contributed by atoms with E-state index in [4.69, 9.17) is 17.0 Å². The van der Waals surface area contributed by atoms with E-state index in [0.29, 0.717) is 5.11 Å². The van der Waals surface area contributed by atoms with Crippen molar-refractivity contribution in [3.8, 4) is 5.75 Å². The number of hydrogen-bond acceptors (Lipinski definition) is 3. The number of nitrogens with zero attached hydrogens (tertiary/aromatic N) is 3. The molecular formula is C23H26N4OS. The van der Waals surface area contributed by atoms with Crippen LogP contribution in [0.1, 0.15) is 41.7 Å². The number of nitrogens with one attached hydrogen (secondary N) is 1. The fraction of sp³-hybridized carbons (Fsp3) is 0.304. The lowest BCUT2D eigenvalue weighted by Crippen LogP contribution is -2.29. The first kappa shape index (κ1) is 19.5. The van der Waals surface area contributed by atoms with Gasteiger partial charge in [0.1, 0.15) is 5.75 Å². The van der Waals surface area contributed by atoms with E-state index in [9.17, 15) is 0 Å². The van der Waals surface area contributed by atoms with Gasteiger partial charge in [0.25, 0.3) is 0 Å². The number of ether oxygens (including phenoxy) is 1. The Balaban J connectivity index is 1.88. The van der Waals surface area contributed by atoms with E-state index in [1.807, 2.05) is 36.5 Å². The first-order valence-corrected chi connectivity index (χ1v) is 10.3. The minimum atomic E-state index is -0.0410. The Hall–Kier alpha value is -2.86. The minimum absolute atomic E-state index is 0.00370. The van der Waals surface area contributed by atoms with Crippen molar-refractivity contribution in [2.45, 2.75) is 39.4 Å². The summed E-state index contributed by atoms with van der Waals surface area (Å²) >= 11 is 5.81. The molecule has 0 saturated carbocycles. The fourth-order valence-electron chi connectivity index (χ4n) is 4.32. The van der Waals surface area contributed by atoms with Crippen molar-refractivity contribution in [2.24, 2.45) is 0 Å². The molecule has 0 unspecified atom stereocenters. The Morgan fingerprint density at radius 2 is 1.97 bits per heavy atom. The molecule has 5 nitrogen and oxygen atoms in total. The fourth-order valence-corrected chi connectivity index (χ4v) is 4.67. The number of anilines is 1. The van der Waals surface area contributed by atoms with Gasteiger partial charge in [-0.25, -0.2) is 0 Å². The molecule has 6 heteroatoms. The summed E-state index contributed by atoms with van der Waals surface area (Å²) < 4.78 is 7.80. The predicted octanol–water partition coefficient (Wildman–Crippen LogP) is 4.71. The Kier molecular flexibility index (Phi) is 5.28. The monoisotopic (exact) mass is 406 g/mol. The van der Waals surface area contributed by atoms with E-state index >= 15 is 0 Å². The third-order valence-corrected chi connectivity index (χ3v) is 5.99. The van der Waals surface area contributed by atoms with Crippen molar-refractivity contribution < 1.29 is 4.74 Å². The normalized spacial score (nSPS) is 18.8. The third kappa shape index (κ3) is 3.38. The molecule has 1 fully saturated rings. The first-order chi connectivity index (χ1) is 14.0. The van der Waals surface area contributed by atoms with E-state index < -0.39 is 0 Å². The molecule has 1 aliphatic rings. The largest absolute Gasteiger partial charge is 0.497 e. The van der Waals surface area contributed by atoms with Crippen LogP contribution in [0.4, 0.5) is 5.69 Å². The Bertz CT molecular complexity index is 1030. The van der Waals surface area contributed by atoms with E-state index in [1.54, 1.807) is 7.11 Å². The summed E-state index contributed by atoms with van der Waals surface area (Å²) in [5, 5.41) is 4.22. The molecule has 4 rings (SSSR count). The van der Waals surface area contributed by atoms with E-state index in [0.717, 1.165) is 23.7 Å². The van der Waals surface area contributed by atoms with Crippen molar-refractivity contribution >= 4 is 23.0 Å². The summed E-state index contributed by atoms with van der Waals surface area (Å²) in [5.74, 6) is 0.810. The highest BCUT2D eigenvalue weighted by Crippen LogP contribution is 2.43. The minimum Gasteiger partial charge on any atom is -0.497 e. The second-order valence-electron chi connectivity index (χ2n) is 7.27. The van der Waals surface area contributed by atoms with Gasteiger partial charge in [-0.3, -0.25) is 4.98 Å². The van der Waals surface area contributed by atoms with Crippen molar-refractivity contribution in [3.05, 3.63) is 77.4 Å². The summed E-state index contributed by atoms with van der Waals surface area (Å²) in [4.78, 5) is 6.82. The summed E-state index contributed by atoms with van der Waals surface area (Å²) in [6.07, 6.45) is 1.83. The number of rotatable bonds is 5. The maximum atomic E-state index is 5.81. The van der Waals surface area contributed by atoms with Crippen LogP contribution in [0.5, 0.6) is 5.75 Å². The van der Waals surface area contributed by atoms with Gasteiger partial charge >= 0.3 is 0 Å². The highest BCUT2D eigenvalue weighted by Gasteiger charge is 2.42. The second kappa shape index (κ2) is 7.87. The Morgan fingerprint density at radius 3 is 2.62 bits per heavy atom. The molecule has 150 valence electrons. The Morgan fingerprint density at radius 1 is 1.14 bits per heavy atom. The average molecular weight is 407 g/mol. The van der Waals surface area contributed by atoms with Crippen LogP contribution in [0.25, 0.3) is 0 Å². The van der Waals surface area contributed by atoms with Crippen LogP contribution in [0.2, 0.25) is 0 Å². The molecule has 2 atom stereocenters. The number of aryl methyl sites for hydroxylation is 1. The zero-order chi connectivity index (χ0) is 20.5. The molecule has 1 N–H and O–H groups in total. The predicted molar refractivity (Wildman–Crippen MR) is 121 cm³/mol. The lowest BCUT2D eigenvalue weighted by Gasteiger charge is -2.28. The molecule has 0 bridgehead atoms. The van der Waals surface area contributed by atoms with Crippen molar-refractivity contribution in [1.29, 1.82) is 0 Å². The van der Waals surface area contributed by atoms with E-state index in [1.165, 1.54) is 17.0 Å². The van der Waals surface area contributed by atoms with Crippen LogP contribution in [-0.4, -0.2) is 21.8 Å². The summed E-state index contributed by atoms with van der Waals surface area (Å²) in [6, 6.07) is 16.3. The molecule has 3 heterocycles. The summed E-state index contributed by atoms with van der Waals surface area (Å²) in [7, 11) is 1.68. The van der Waals surface area contributed by atoms with Gasteiger partial charge in [-0.1, -0.05) is 12.1 Å². The van der Waals surface area contributed by atoms with Gasteiger partial charge in [0.05, 0.1) is 24.9 Å². The second-order valence-corrected chi connectivity index (χ2v) is 7.66. The topological polar surface area (TPSA) is 42.3 Å². The van der Waals surface area contributed by atoms with Crippen molar-refractivity contribution in [3.63, 3.8) is 0 Å². The van der Waals surface area contributed by atoms with Gasteiger partial charge in [0.2, 0.25) is 0 Å². The van der Waals surface area contributed by atoms with Crippen LogP contribution in [-0.2, 0) is 6.54 Å². The van der Waals surface area contributed by atoms with Gasteiger partial charge in [0.15, 0.2) is 5.11 Å². The molecule has 0 radical (unpaired) electrons. The van der Waals surface area contributed by atoms with Crippen molar-refractivity contribution in [1.82, 2.24) is 14.9 Å². The summed E-state index contributed by atoms with van der Waals surface area (Å²) in [5.41, 5.74) is 5.76. The lowest BCUT2D eigenvalue weighted by atomic mass is 9.96. The summed E-state index contributed by atoms with van der Waals surface area (Å²) in [6.45, 7) is 7.46. The standard InChI is InChI=1S/C23H26N4OS/c1-5-26-15(2)13-19(16(26)3)22-21(20-11-6-7-12-24-20)25-23(29)27(22)17-9-8-10-18(14-17)28-4/h6-14,21-22H,5H2,1-4H3,(H,25,29)/t21-,22+/m1/s1. The van der Waals surface area contributed by atoms with Gasteiger partial charge in [-0.2, -0.15) is 0 Å². The molecular weight excluding hydrogens is 380 g/mol. The lowest BCUT2D eigenvalue weighted by molar-refractivity contribution is 0.415. The van der Waals surface area contributed by atoms with Gasteiger partial charge in [-0.05, 0) is 68.9 Å². The maximum Gasteiger partial charge on any atom is 0.174 e. The highest BCUT2D eigenvalue weighted by atomic mass is 32.1. The van der Waals surface area contributed by atoms with E-state index in [-0.39, 0.29) is 12.1 Å². The highest BCUT2D eigenvalue weighted by molar-refractivity contribution is 7.80. The average Bonchev–Trinajstić information content (AvgIpc) is 3.23. The molecule has 1 aliphatic heterocycles. The quantitative estimate of drug-likeness (QED) is 0.622. The molecule has 2 aromatic heterocycles. The van der Waals surface area contributed by atoms with Crippen LogP contribution < -0.4 is 15.0 Å². The molecule has 0 spiro atoms. The first-order valence-electron chi connectivity index (χ1n) is 9.86. The van der Waals surface area contributed by atoms with Crippen LogP contribution in [0.3, 0.4) is 0 Å². The van der Waals surface area contributed by atoms with Crippen LogP contribution in [0.15, 0.2) is 54.7 Å². The Labute approximate surface area is 177 Å². The third-order valence-electron chi connectivity index (χ3n) is 5.68. The number of methoxy groups -OCH3 is 1. The molecule has 3 aromatic rings. The maximum absolute atomic E-state index is 5.81. The SMILES string of the molecule is CCn1c(C)cc([C@H]2[C@@H](c3ccccn3)NC(=S)N2c2cccc(OC)c2)c1C. The van der Waals surface area contributed by atoms with Crippen LogP contribution >= 0.6 is 12.2 Å². The number of aromatic nitrogens is 2. The number of hydrogen-bond donors (Lipinski definition) is 1. The van der Waals surface area contributed by atoms with Gasteiger partial charge in [-0.15, -0.1) is 0 Å². The molecule has 1 saturated heterocycles. The molecule has 29 heavy (non-hydrogen) atoms. The van der Waals surface area contributed by atoms with Gasteiger partial charge in [0, 0.05) is 35.9 Å². The number of thiocarbonyl (C=S) groups is 1. The van der Waals surface area contributed by atoms with E-state index in [2.05, 4.69) is 58.7 Å². The molecule has 1 aromatic carbocycles.